The summed E-state index contributed by atoms with van der Waals surface area (Å²) < 4.78 is 10.1. The van der Waals surface area contributed by atoms with Crippen molar-refractivity contribution in [2.24, 2.45) is 0 Å². The SMILES string of the molecule is C#CCOC1(Cl)CCCO1. The van der Waals surface area contributed by atoms with E-state index in [1.807, 2.05) is 0 Å². The predicted octanol–water partition coefficient (Wildman–Crippen LogP) is 1.34. The van der Waals surface area contributed by atoms with E-state index in [2.05, 4.69) is 5.92 Å². The molecule has 2 nitrogen and oxygen atoms in total. The molecule has 0 amide bonds. The van der Waals surface area contributed by atoms with Crippen LogP contribution >= 0.6 is 11.6 Å². The van der Waals surface area contributed by atoms with Gasteiger partial charge in [0.2, 0.25) is 5.25 Å². The van der Waals surface area contributed by atoms with E-state index in [0.29, 0.717) is 6.61 Å². The molecule has 1 heterocycles. The smallest absolute Gasteiger partial charge is 0.249 e. The zero-order chi connectivity index (χ0) is 7.45. The van der Waals surface area contributed by atoms with Gasteiger partial charge in [0.1, 0.15) is 6.61 Å². The van der Waals surface area contributed by atoms with Gasteiger partial charge in [0, 0.05) is 6.42 Å². The van der Waals surface area contributed by atoms with Crippen molar-refractivity contribution >= 4 is 11.6 Å². The Morgan fingerprint density at radius 1 is 1.80 bits per heavy atom. The molecule has 0 aromatic carbocycles. The first kappa shape index (κ1) is 7.87. The van der Waals surface area contributed by atoms with Crippen LogP contribution in [0.2, 0.25) is 0 Å². The molecule has 0 radical (unpaired) electrons. The lowest BCUT2D eigenvalue weighted by atomic mass is 10.4. The Morgan fingerprint density at radius 2 is 2.60 bits per heavy atom. The van der Waals surface area contributed by atoms with Crippen LogP contribution in [0.1, 0.15) is 12.8 Å². The van der Waals surface area contributed by atoms with Crippen molar-refractivity contribution in [1.29, 1.82) is 0 Å². The third-order valence-electron chi connectivity index (χ3n) is 1.31. The van der Waals surface area contributed by atoms with Gasteiger partial charge in [-0.3, -0.25) is 0 Å². The van der Waals surface area contributed by atoms with Crippen molar-refractivity contribution in [3.63, 3.8) is 0 Å². The van der Waals surface area contributed by atoms with Crippen LogP contribution in [0.5, 0.6) is 0 Å². The summed E-state index contributed by atoms with van der Waals surface area (Å²) >= 11 is 5.81. The van der Waals surface area contributed by atoms with E-state index in [0.717, 1.165) is 12.8 Å². The maximum absolute atomic E-state index is 5.81. The van der Waals surface area contributed by atoms with Crippen LogP contribution < -0.4 is 0 Å². The van der Waals surface area contributed by atoms with Crippen LogP contribution in [-0.2, 0) is 9.47 Å². The van der Waals surface area contributed by atoms with E-state index in [-0.39, 0.29) is 6.61 Å². The molecule has 0 aromatic rings. The van der Waals surface area contributed by atoms with Crippen LogP contribution in [-0.4, -0.2) is 18.5 Å². The average Bonchev–Trinajstić information content (AvgIpc) is 2.33. The van der Waals surface area contributed by atoms with Gasteiger partial charge in [-0.2, -0.15) is 0 Å². The summed E-state index contributed by atoms with van der Waals surface area (Å²) in [5.41, 5.74) is 0. The Morgan fingerprint density at radius 3 is 3.10 bits per heavy atom. The topological polar surface area (TPSA) is 18.5 Å². The Hall–Kier alpha value is -0.230. The first-order valence-electron chi connectivity index (χ1n) is 3.17. The lowest BCUT2D eigenvalue weighted by Gasteiger charge is -2.18. The van der Waals surface area contributed by atoms with Crippen molar-refractivity contribution in [1.82, 2.24) is 0 Å². The zero-order valence-corrected chi connectivity index (χ0v) is 6.36. The highest BCUT2D eigenvalue weighted by molar-refractivity contribution is 6.22. The van der Waals surface area contributed by atoms with Gasteiger partial charge in [0.25, 0.3) is 0 Å². The van der Waals surface area contributed by atoms with Gasteiger partial charge in [-0.05, 0) is 6.42 Å². The summed E-state index contributed by atoms with van der Waals surface area (Å²) in [4.78, 5) is 0. The molecule has 1 rings (SSSR count). The molecule has 1 atom stereocenters. The normalized spacial score (nSPS) is 32.0. The molecule has 0 saturated carbocycles. The number of rotatable bonds is 2. The second-order valence-corrected chi connectivity index (χ2v) is 2.68. The summed E-state index contributed by atoms with van der Waals surface area (Å²) in [5.74, 6) is 2.33. The lowest BCUT2D eigenvalue weighted by Crippen LogP contribution is -2.23. The second kappa shape index (κ2) is 3.25. The Bertz CT molecular complexity index is 144. The van der Waals surface area contributed by atoms with Crippen LogP contribution in [0.3, 0.4) is 0 Å². The first-order valence-corrected chi connectivity index (χ1v) is 3.55. The van der Waals surface area contributed by atoms with Crippen molar-refractivity contribution < 1.29 is 9.47 Å². The highest BCUT2D eigenvalue weighted by atomic mass is 35.5. The number of ether oxygens (including phenoxy) is 2. The average molecular weight is 161 g/mol. The fraction of sp³-hybridized carbons (Fsp3) is 0.714. The third-order valence-corrected chi connectivity index (χ3v) is 1.72. The number of alkyl halides is 1. The van der Waals surface area contributed by atoms with E-state index in [1.165, 1.54) is 0 Å². The Labute approximate surface area is 65.5 Å². The molecule has 1 saturated heterocycles. The fourth-order valence-electron chi connectivity index (χ4n) is 0.843. The van der Waals surface area contributed by atoms with Gasteiger partial charge in [0.05, 0.1) is 6.61 Å². The largest absolute Gasteiger partial charge is 0.337 e. The van der Waals surface area contributed by atoms with Crippen LogP contribution in [0.4, 0.5) is 0 Å². The molecule has 1 unspecified atom stereocenters. The predicted molar refractivity (Wildman–Crippen MR) is 38.6 cm³/mol. The monoisotopic (exact) mass is 160 g/mol. The molecule has 10 heavy (non-hydrogen) atoms. The van der Waals surface area contributed by atoms with Crippen molar-refractivity contribution in [3.8, 4) is 12.3 Å². The van der Waals surface area contributed by atoms with Crippen molar-refractivity contribution in [2.45, 2.75) is 18.1 Å². The van der Waals surface area contributed by atoms with Gasteiger partial charge >= 0.3 is 0 Å². The van der Waals surface area contributed by atoms with Gasteiger partial charge in [0.15, 0.2) is 0 Å². The quantitative estimate of drug-likeness (QED) is 0.448. The minimum atomic E-state index is -0.924. The number of terminal acetylenes is 1. The minimum absolute atomic E-state index is 0.212. The third kappa shape index (κ3) is 1.88. The summed E-state index contributed by atoms with van der Waals surface area (Å²) in [7, 11) is 0. The fourth-order valence-corrected chi connectivity index (χ4v) is 1.11. The van der Waals surface area contributed by atoms with Crippen LogP contribution in [0, 0.1) is 12.3 Å². The Kier molecular flexibility index (Phi) is 2.56. The van der Waals surface area contributed by atoms with E-state index < -0.39 is 5.25 Å². The number of hydrogen-bond acceptors (Lipinski definition) is 2. The van der Waals surface area contributed by atoms with Gasteiger partial charge in [-0.15, -0.1) is 6.42 Å². The molecule has 1 aliphatic heterocycles. The molecule has 1 aliphatic rings. The highest BCUT2D eigenvalue weighted by Crippen LogP contribution is 2.30. The van der Waals surface area contributed by atoms with Gasteiger partial charge in [-0.1, -0.05) is 17.5 Å². The number of hydrogen-bond donors (Lipinski definition) is 0. The van der Waals surface area contributed by atoms with E-state index in [4.69, 9.17) is 27.5 Å². The standard InChI is InChI=1S/C7H9ClO2/c1-2-5-9-7(8)4-3-6-10-7/h1H,3-6H2. The molecule has 0 aromatic heterocycles. The van der Waals surface area contributed by atoms with Crippen molar-refractivity contribution in [2.75, 3.05) is 13.2 Å². The van der Waals surface area contributed by atoms with Crippen LogP contribution in [0.15, 0.2) is 0 Å². The zero-order valence-electron chi connectivity index (χ0n) is 5.60. The molecule has 56 valence electrons. The van der Waals surface area contributed by atoms with E-state index in [1.54, 1.807) is 0 Å². The maximum atomic E-state index is 5.81. The summed E-state index contributed by atoms with van der Waals surface area (Å²) in [6, 6.07) is 0. The molecule has 1 fully saturated rings. The molecule has 0 spiro atoms. The second-order valence-electron chi connectivity index (χ2n) is 2.10. The minimum Gasteiger partial charge on any atom is -0.337 e. The summed E-state index contributed by atoms with van der Waals surface area (Å²) in [5, 5.41) is -0.924. The maximum Gasteiger partial charge on any atom is 0.249 e. The van der Waals surface area contributed by atoms with E-state index >= 15 is 0 Å². The highest BCUT2D eigenvalue weighted by Gasteiger charge is 2.33. The first-order chi connectivity index (χ1) is 4.77. The number of halogens is 1. The molecule has 0 N–H and O–H groups in total. The van der Waals surface area contributed by atoms with E-state index in [9.17, 15) is 0 Å². The summed E-state index contributed by atoms with van der Waals surface area (Å²) in [6.45, 7) is 0.873. The molecular formula is C7H9ClO2. The molecular weight excluding hydrogens is 152 g/mol. The lowest BCUT2D eigenvalue weighted by molar-refractivity contribution is -0.137. The molecule has 0 aliphatic carbocycles. The molecule has 3 heteroatoms. The Balaban J connectivity index is 2.30. The molecule has 0 bridgehead atoms. The summed E-state index contributed by atoms with van der Waals surface area (Å²) in [6.07, 6.45) is 6.63. The van der Waals surface area contributed by atoms with Gasteiger partial charge < -0.3 is 9.47 Å². The van der Waals surface area contributed by atoms with Crippen LogP contribution in [0.25, 0.3) is 0 Å². The van der Waals surface area contributed by atoms with Crippen molar-refractivity contribution in [3.05, 3.63) is 0 Å². The van der Waals surface area contributed by atoms with Gasteiger partial charge in [-0.25, -0.2) is 0 Å².